The lowest BCUT2D eigenvalue weighted by Crippen LogP contribution is -2.26. The second-order valence-corrected chi connectivity index (χ2v) is 3.83. The molecule has 0 radical (unpaired) electrons. The molecule has 1 aliphatic carbocycles. The maximum absolute atomic E-state index is 11.6. The van der Waals surface area contributed by atoms with Crippen LogP contribution in [0.15, 0.2) is 29.4 Å². The molecule has 16 heavy (non-hydrogen) atoms. The maximum Gasteiger partial charge on any atom is 0.314 e. The number of hydrogen-bond donors (Lipinski definition) is 1. The van der Waals surface area contributed by atoms with Gasteiger partial charge in [0.1, 0.15) is 5.75 Å². The van der Waals surface area contributed by atoms with Gasteiger partial charge in [0, 0.05) is 5.56 Å². The number of nitrogens with zero attached hydrogens (tertiary/aromatic N) is 1. The molecule has 0 heterocycles. The Kier molecular flexibility index (Phi) is 3.19. The molecule has 0 aliphatic heterocycles. The molecule has 1 aromatic rings. The average Bonchev–Trinajstić information content (AvgIpc) is 2.18. The molecule has 4 heteroatoms. The zero-order valence-corrected chi connectivity index (χ0v) is 8.80. The van der Waals surface area contributed by atoms with Gasteiger partial charge in [0.2, 0.25) is 0 Å². The van der Waals surface area contributed by atoms with Crippen LogP contribution in [0.2, 0.25) is 0 Å². The Labute approximate surface area is 93.5 Å². The van der Waals surface area contributed by atoms with Crippen LogP contribution in [0.5, 0.6) is 5.75 Å². The zero-order chi connectivity index (χ0) is 11.4. The van der Waals surface area contributed by atoms with Crippen LogP contribution >= 0.6 is 0 Å². The van der Waals surface area contributed by atoms with E-state index in [2.05, 4.69) is 5.16 Å². The number of hydrogen-bond acceptors (Lipinski definition) is 4. The number of ether oxygens (including phenoxy) is 1. The van der Waals surface area contributed by atoms with E-state index in [-0.39, 0.29) is 11.9 Å². The van der Waals surface area contributed by atoms with Crippen molar-refractivity contribution < 1.29 is 14.7 Å². The monoisotopic (exact) mass is 219 g/mol. The van der Waals surface area contributed by atoms with Gasteiger partial charge in [0.05, 0.1) is 12.1 Å². The third-order valence-electron chi connectivity index (χ3n) is 2.76. The Morgan fingerprint density at radius 3 is 2.81 bits per heavy atom. The molecular weight excluding hydrogens is 206 g/mol. The van der Waals surface area contributed by atoms with Gasteiger partial charge in [-0.1, -0.05) is 23.7 Å². The summed E-state index contributed by atoms with van der Waals surface area (Å²) in [4.78, 5) is 11.6. The lowest BCUT2D eigenvalue weighted by Gasteiger charge is -2.23. The van der Waals surface area contributed by atoms with E-state index in [1.165, 1.54) is 6.21 Å². The number of esters is 1. The van der Waals surface area contributed by atoms with Crippen LogP contribution in [0, 0.1) is 5.92 Å². The van der Waals surface area contributed by atoms with Crippen LogP contribution in [0.4, 0.5) is 0 Å². The van der Waals surface area contributed by atoms with E-state index in [1.54, 1.807) is 24.3 Å². The number of benzene rings is 1. The van der Waals surface area contributed by atoms with Crippen molar-refractivity contribution in [1.29, 1.82) is 0 Å². The van der Waals surface area contributed by atoms with Gasteiger partial charge in [-0.2, -0.15) is 0 Å². The fourth-order valence-electron chi connectivity index (χ4n) is 1.58. The first-order valence-corrected chi connectivity index (χ1v) is 5.29. The summed E-state index contributed by atoms with van der Waals surface area (Å²) in [6.45, 7) is 0. The summed E-state index contributed by atoms with van der Waals surface area (Å²) in [6.07, 6.45) is 4.17. The van der Waals surface area contributed by atoms with Gasteiger partial charge in [-0.05, 0) is 25.0 Å². The van der Waals surface area contributed by atoms with E-state index >= 15 is 0 Å². The second kappa shape index (κ2) is 4.79. The van der Waals surface area contributed by atoms with E-state index in [9.17, 15) is 4.79 Å². The van der Waals surface area contributed by atoms with E-state index in [0.717, 1.165) is 19.3 Å². The predicted octanol–water partition coefficient (Wildman–Crippen LogP) is 2.20. The normalized spacial score (nSPS) is 16.0. The van der Waals surface area contributed by atoms with Crippen molar-refractivity contribution in [3.8, 4) is 5.75 Å². The summed E-state index contributed by atoms with van der Waals surface area (Å²) in [5.41, 5.74) is 0.595. The molecular formula is C12H13NO3. The number of carbonyl (C=O) groups is 1. The van der Waals surface area contributed by atoms with Crippen LogP contribution in [-0.2, 0) is 4.79 Å². The summed E-state index contributed by atoms with van der Waals surface area (Å²) in [7, 11) is 0. The molecule has 1 saturated carbocycles. The van der Waals surface area contributed by atoms with Crippen molar-refractivity contribution in [1.82, 2.24) is 0 Å². The van der Waals surface area contributed by atoms with Gasteiger partial charge in [-0.25, -0.2) is 0 Å². The Morgan fingerprint density at radius 1 is 1.44 bits per heavy atom. The molecule has 4 nitrogen and oxygen atoms in total. The molecule has 0 bridgehead atoms. The van der Waals surface area contributed by atoms with E-state index in [1.807, 2.05) is 0 Å². The van der Waals surface area contributed by atoms with Gasteiger partial charge in [0.15, 0.2) is 0 Å². The molecule has 0 amide bonds. The summed E-state index contributed by atoms with van der Waals surface area (Å²) >= 11 is 0. The quantitative estimate of drug-likeness (QED) is 0.279. The highest BCUT2D eigenvalue weighted by molar-refractivity contribution is 5.85. The number of carbonyl (C=O) groups excluding carboxylic acids is 1. The molecule has 1 aliphatic rings. The zero-order valence-electron chi connectivity index (χ0n) is 8.80. The fraction of sp³-hybridized carbons (Fsp3) is 0.333. The number of oxime groups is 1. The lowest BCUT2D eigenvalue weighted by atomic mass is 9.86. The minimum absolute atomic E-state index is 0.0409. The molecule has 0 unspecified atom stereocenters. The SMILES string of the molecule is O=C(Oc1ccccc1/C=N/O)C1CCC1. The van der Waals surface area contributed by atoms with Gasteiger partial charge in [-0.15, -0.1) is 0 Å². The van der Waals surface area contributed by atoms with Crippen LogP contribution < -0.4 is 4.74 Å². The largest absolute Gasteiger partial charge is 0.426 e. The van der Waals surface area contributed by atoms with Crippen LogP contribution in [0.3, 0.4) is 0 Å². The van der Waals surface area contributed by atoms with E-state index in [4.69, 9.17) is 9.94 Å². The van der Waals surface area contributed by atoms with Gasteiger partial charge < -0.3 is 9.94 Å². The Bertz CT molecular complexity index is 410. The number of rotatable bonds is 3. The first kappa shape index (κ1) is 10.7. The Hall–Kier alpha value is -1.84. The minimum Gasteiger partial charge on any atom is -0.426 e. The molecule has 1 aromatic carbocycles. The molecule has 1 N–H and O–H groups in total. The van der Waals surface area contributed by atoms with Crippen LogP contribution in [0.25, 0.3) is 0 Å². The van der Waals surface area contributed by atoms with Gasteiger partial charge >= 0.3 is 5.97 Å². The number of para-hydroxylation sites is 1. The van der Waals surface area contributed by atoms with E-state index < -0.39 is 0 Å². The van der Waals surface area contributed by atoms with Crippen LogP contribution in [0.1, 0.15) is 24.8 Å². The average molecular weight is 219 g/mol. The molecule has 1 fully saturated rings. The van der Waals surface area contributed by atoms with E-state index in [0.29, 0.717) is 11.3 Å². The summed E-state index contributed by atoms with van der Waals surface area (Å²) in [5, 5.41) is 11.4. The standard InChI is InChI=1S/C12H13NO3/c14-12(9-5-3-6-9)16-11-7-2-1-4-10(11)8-13-15/h1-2,4,7-9,15H,3,5-6H2/b13-8+. The molecule has 2 rings (SSSR count). The minimum atomic E-state index is -0.190. The predicted molar refractivity (Wildman–Crippen MR) is 58.8 cm³/mol. The van der Waals surface area contributed by atoms with Gasteiger partial charge in [-0.3, -0.25) is 4.79 Å². The van der Waals surface area contributed by atoms with Crippen molar-refractivity contribution in [3.05, 3.63) is 29.8 Å². The van der Waals surface area contributed by atoms with Crippen molar-refractivity contribution in [2.75, 3.05) is 0 Å². The highest BCUT2D eigenvalue weighted by Gasteiger charge is 2.27. The molecule has 84 valence electrons. The lowest BCUT2D eigenvalue weighted by molar-refractivity contribution is -0.141. The highest BCUT2D eigenvalue weighted by Crippen LogP contribution is 2.28. The molecule has 0 saturated heterocycles. The summed E-state index contributed by atoms with van der Waals surface area (Å²) in [5.74, 6) is 0.293. The molecule has 0 spiro atoms. The van der Waals surface area contributed by atoms with Gasteiger partial charge in [0.25, 0.3) is 0 Å². The first-order chi connectivity index (χ1) is 7.81. The van der Waals surface area contributed by atoms with Crippen LogP contribution in [-0.4, -0.2) is 17.4 Å². The summed E-state index contributed by atoms with van der Waals surface area (Å²) in [6, 6.07) is 6.98. The van der Waals surface area contributed by atoms with Crippen molar-refractivity contribution >= 4 is 12.2 Å². The highest BCUT2D eigenvalue weighted by atomic mass is 16.5. The molecule has 0 aromatic heterocycles. The maximum atomic E-state index is 11.6. The topological polar surface area (TPSA) is 58.9 Å². The summed E-state index contributed by atoms with van der Waals surface area (Å²) < 4.78 is 5.26. The third kappa shape index (κ3) is 2.21. The smallest absolute Gasteiger partial charge is 0.314 e. The van der Waals surface area contributed by atoms with Crippen molar-refractivity contribution in [2.24, 2.45) is 11.1 Å². The van der Waals surface area contributed by atoms with Crippen molar-refractivity contribution in [3.63, 3.8) is 0 Å². The second-order valence-electron chi connectivity index (χ2n) is 3.83. The third-order valence-corrected chi connectivity index (χ3v) is 2.76. The molecule has 0 atom stereocenters. The Balaban J connectivity index is 2.10. The van der Waals surface area contributed by atoms with Crippen molar-refractivity contribution in [2.45, 2.75) is 19.3 Å². The fourth-order valence-corrected chi connectivity index (χ4v) is 1.58. The first-order valence-electron chi connectivity index (χ1n) is 5.29. The Morgan fingerprint density at radius 2 is 2.19 bits per heavy atom.